The summed E-state index contributed by atoms with van der Waals surface area (Å²) in [6, 6.07) is -0.708. The van der Waals surface area contributed by atoms with Gasteiger partial charge in [-0.3, -0.25) is 4.79 Å². The highest BCUT2D eigenvalue weighted by Gasteiger charge is 2.45. The first-order valence-corrected chi connectivity index (χ1v) is 7.23. The molecule has 0 aromatic heterocycles. The number of alkyl halides is 3. The number of amides is 1. The second kappa shape index (κ2) is 5.63. The molecule has 1 amide bonds. The lowest BCUT2D eigenvalue weighted by atomic mass is 10.1. The molecule has 1 atom stereocenters. The number of rotatable bonds is 3. The van der Waals surface area contributed by atoms with Crippen LogP contribution in [0.15, 0.2) is 0 Å². The number of carbonyl (C=O) groups excluding carboxylic acids is 1. The molecule has 1 rings (SSSR count). The predicted molar refractivity (Wildman–Crippen MR) is 61.1 cm³/mol. The molecule has 0 aromatic carbocycles. The van der Waals surface area contributed by atoms with E-state index in [1.807, 2.05) is 0 Å². The van der Waals surface area contributed by atoms with Gasteiger partial charge in [-0.2, -0.15) is 25.9 Å². The fourth-order valence-corrected chi connectivity index (χ4v) is 3.03. The Labute approximate surface area is 109 Å². The maximum Gasteiger partial charge on any atom is 0.471 e. The molecule has 1 heterocycles. The molecule has 6 nitrogen and oxygen atoms in total. The topological polar surface area (TPSA) is 83.7 Å². The van der Waals surface area contributed by atoms with Crippen molar-refractivity contribution < 1.29 is 26.4 Å². The highest BCUT2D eigenvalue weighted by Crippen LogP contribution is 2.23. The van der Waals surface area contributed by atoms with E-state index in [-0.39, 0.29) is 19.6 Å². The summed E-state index contributed by atoms with van der Waals surface area (Å²) in [7, 11) is -3.97. The van der Waals surface area contributed by atoms with Crippen LogP contribution in [0.1, 0.15) is 19.8 Å². The van der Waals surface area contributed by atoms with Crippen molar-refractivity contribution in [2.75, 3.05) is 19.6 Å². The molecule has 0 bridgehead atoms. The molecule has 1 unspecified atom stereocenters. The fraction of sp³-hybridized carbons (Fsp3) is 0.889. The molecule has 19 heavy (non-hydrogen) atoms. The minimum absolute atomic E-state index is 0.217. The van der Waals surface area contributed by atoms with Crippen molar-refractivity contribution >= 4 is 16.1 Å². The molecule has 0 aliphatic carbocycles. The molecule has 10 heteroatoms. The molecule has 1 fully saturated rings. The average Bonchev–Trinajstić information content (AvgIpc) is 2.25. The molecule has 0 spiro atoms. The van der Waals surface area contributed by atoms with Gasteiger partial charge < -0.3 is 4.90 Å². The van der Waals surface area contributed by atoms with Gasteiger partial charge in [0.15, 0.2) is 0 Å². The van der Waals surface area contributed by atoms with Gasteiger partial charge in [-0.05, 0) is 6.42 Å². The summed E-state index contributed by atoms with van der Waals surface area (Å²) in [5.41, 5.74) is 0. The molecular formula is C9H16F3N3O3S. The van der Waals surface area contributed by atoms with Gasteiger partial charge in [0, 0.05) is 25.7 Å². The first-order chi connectivity index (χ1) is 8.57. The number of nitrogens with zero attached hydrogens (tertiary/aromatic N) is 2. The molecule has 0 radical (unpaired) electrons. The SMILES string of the molecule is CCCC1CN(C(=O)C(F)(F)F)CCN1S(N)(=O)=O. The fourth-order valence-electron chi connectivity index (χ4n) is 2.11. The lowest BCUT2D eigenvalue weighted by molar-refractivity contribution is -0.187. The van der Waals surface area contributed by atoms with E-state index < -0.39 is 28.3 Å². The monoisotopic (exact) mass is 303 g/mol. The second-order valence-electron chi connectivity index (χ2n) is 4.35. The third-order valence-electron chi connectivity index (χ3n) is 2.91. The van der Waals surface area contributed by atoms with Gasteiger partial charge >= 0.3 is 12.1 Å². The maximum atomic E-state index is 12.3. The molecular weight excluding hydrogens is 287 g/mol. The third-order valence-corrected chi connectivity index (χ3v) is 4.04. The number of carbonyl (C=O) groups is 1. The maximum absolute atomic E-state index is 12.3. The van der Waals surface area contributed by atoms with E-state index in [9.17, 15) is 26.4 Å². The minimum atomic E-state index is -4.94. The molecule has 1 aliphatic rings. The largest absolute Gasteiger partial charge is 0.471 e. The standard InChI is InChI=1S/C9H16F3N3O3S/c1-2-3-7-6-14(8(16)9(10,11)12)4-5-15(7)19(13,17)18/h7H,2-6H2,1H3,(H2,13,17,18). The van der Waals surface area contributed by atoms with Crippen molar-refractivity contribution in [1.29, 1.82) is 0 Å². The van der Waals surface area contributed by atoms with E-state index >= 15 is 0 Å². The normalized spacial score (nSPS) is 22.6. The van der Waals surface area contributed by atoms with Crippen molar-refractivity contribution in [3.05, 3.63) is 0 Å². The van der Waals surface area contributed by atoms with Crippen LogP contribution in [0, 0.1) is 0 Å². The predicted octanol–water partition coefficient (Wildman–Crippen LogP) is 0.0651. The van der Waals surface area contributed by atoms with Crippen molar-refractivity contribution in [2.24, 2.45) is 5.14 Å². The summed E-state index contributed by atoms with van der Waals surface area (Å²) in [6.07, 6.45) is -4.02. The zero-order chi connectivity index (χ0) is 14.8. The summed E-state index contributed by atoms with van der Waals surface area (Å²) in [5.74, 6) is -1.94. The van der Waals surface area contributed by atoms with Crippen LogP contribution in [0.25, 0.3) is 0 Å². The van der Waals surface area contributed by atoms with E-state index in [1.54, 1.807) is 6.92 Å². The Bertz CT molecular complexity index is 438. The number of hydrogen-bond acceptors (Lipinski definition) is 3. The Morgan fingerprint density at radius 3 is 2.37 bits per heavy atom. The van der Waals surface area contributed by atoms with E-state index in [0.29, 0.717) is 17.7 Å². The van der Waals surface area contributed by atoms with Crippen LogP contribution in [0.4, 0.5) is 13.2 Å². The average molecular weight is 303 g/mol. The number of nitrogens with two attached hydrogens (primary N) is 1. The molecule has 1 aliphatic heterocycles. The van der Waals surface area contributed by atoms with Crippen molar-refractivity contribution in [2.45, 2.75) is 32.0 Å². The third kappa shape index (κ3) is 4.05. The van der Waals surface area contributed by atoms with Crippen LogP contribution in [0.3, 0.4) is 0 Å². The summed E-state index contributed by atoms with van der Waals surface area (Å²) >= 11 is 0. The summed E-state index contributed by atoms with van der Waals surface area (Å²) in [5, 5.41) is 5.01. The molecule has 2 N–H and O–H groups in total. The zero-order valence-corrected chi connectivity index (χ0v) is 11.2. The smallest absolute Gasteiger partial charge is 0.332 e. The quantitative estimate of drug-likeness (QED) is 0.800. The number of hydrogen-bond donors (Lipinski definition) is 1. The van der Waals surface area contributed by atoms with Gasteiger partial charge in [-0.1, -0.05) is 13.3 Å². The van der Waals surface area contributed by atoms with E-state index in [4.69, 9.17) is 5.14 Å². The number of halogens is 3. The Kier molecular flexibility index (Phi) is 4.80. The van der Waals surface area contributed by atoms with Gasteiger partial charge in [0.25, 0.3) is 10.2 Å². The van der Waals surface area contributed by atoms with E-state index in [0.717, 1.165) is 4.31 Å². The van der Waals surface area contributed by atoms with Crippen molar-refractivity contribution in [1.82, 2.24) is 9.21 Å². The molecule has 0 saturated carbocycles. The first-order valence-electron chi connectivity index (χ1n) is 5.73. The lowest BCUT2D eigenvalue weighted by Gasteiger charge is -2.39. The Hall–Kier alpha value is -0.870. The van der Waals surface area contributed by atoms with Gasteiger partial charge in [-0.25, -0.2) is 5.14 Å². The van der Waals surface area contributed by atoms with Crippen LogP contribution in [0.2, 0.25) is 0 Å². The summed E-state index contributed by atoms with van der Waals surface area (Å²) < 4.78 is 60.6. The Morgan fingerprint density at radius 1 is 1.37 bits per heavy atom. The highest BCUT2D eigenvalue weighted by molar-refractivity contribution is 7.86. The van der Waals surface area contributed by atoms with Crippen LogP contribution in [0.5, 0.6) is 0 Å². The Balaban J connectivity index is 2.85. The molecule has 112 valence electrons. The highest BCUT2D eigenvalue weighted by atomic mass is 32.2. The molecule has 1 saturated heterocycles. The first kappa shape index (κ1) is 16.2. The Morgan fingerprint density at radius 2 is 1.95 bits per heavy atom. The van der Waals surface area contributed by atoms with Crippen LogP contribution in [-0.2, 0) is 15.0 Å². The van der Waals surface area contributed by atoms with Gasteiger partial charge in [0.05, 0.1) is 0 Å². The molecule has 0 aromatic rings. The van der Waals surface area contributed by atoms with Crippen LogP contribution >= 0.6 is 0 Å². The van der Waals surface area contributed by atoms with Crippen LogP contribution in [-0.4, -0.2) is 55.4 Å². The van der Waals surface area contributed by atoms with Gasteiger partial charge in [0.2, 0.25) is 0 Å². The van der Waals surface area contributed by atoms with Crippen molar-refractivity contribution in [3.8, 4) is 0 Å². The second-order valence-corrected chi connectivity index (χ2v) is 5.85. The summed E-state index contributed by atoms with van der Waals surface area (Å²) in [6.45, 7) is 0.953. The summed E-state index contributed by atoms with van der Waals surface area (Å²) in [4.78, 5) is 11.8. The van der Waals surface area contributed by atoms with Crippen LogP contribution < -0.4 is 5.14 Å². The van der Waals surface area contributed by atoms with Crippen molar-refractivity contribution in [3.63, 3.8) is 0 Å². The van der Waals surface area contributed by atoms with E-state index in [2.05, 4.69) is 0 Å². The number of piperazine rings is 1. The van der Waals surface area contributed by atoms with Gasteiger partial charge in [0.1, 0.15) is 0 Å². The zero-order valence-electron chi connectivity index (χ0n) is 10.4. The lowest BCUT2D eigenvalue weighted by Crippen LogP contribution is -2.59. The van der Waals surface area contributed by atoms with E-state index in [1.165, 1.54) is 0 Å². The minimum Gasteiger partial charge on any atom is -0.332 e. The van der Waals surface area contributed by atoms with Gasteiger partial charge in [-0.15, -0.1) is 0 Å².